The zero-order valence-electron chi connectivity index (χ0n) is 19.1. The monoisotopic (exact) mass is 415 g/mol. The van der Waals surface area contributed by atoms with E-state index in [0.717, 1.165) is 37.0 Å². The first-order chi connectivity index (χ1) is 14.1. The molecular weight excluding hydrogens is 380 g/mol. The molecule has 7 heteroatoms. The molecule has 2 amide bonds. The van der Waals surface area contributed by atoms with Crippen LogP contribution in [-0.4, -0.2) is 46.2 Å². The zero-order valence-corrected chi connectivity index (χ0v) is 19.1. The van der Waals surface area contributed by atoms with Crippen LogP contribution in [0.5, 0.6) is 0 Å². The van der Waals surface area contributed by atoms with E-state index >= 15 is 0 Å². The van der Waals surface area contributed by atoms with Crippen molar-refractivity contribution in [3.63, 3.8) is 0 Å². The fraction of sp³-hybridized carbons (Fsp3) is 0.609. The van der Waals surface area contributed by atoms with Crippen LogP contribution in [0.15, 0.2) is 18.2 Å². The van der Waals surface area contributed by atoms with Crippen molar-refractivity contribution in [1.82, 2.24) is 14.8 Å². The minimum absolute atomic E-state index is 0.0582. The highest BCUT2D eigenvalue weighted by atomic mass is 16.6. The van der Waals surface area contributed by atoms with Gasteiger partial charge in [-0.2, -0.15) is 0 Å². The van der Waals surface area contributed by atoms with Gasteiger partial charge in [-0.3, -0.25) is 4.79 Å². The van der Waals surface area contributed by atoms with Crippen molar-refractivity contribution < 1.29 is 18.9 Å². The molecule has 0 aliphatic carbocycles. The molecule has 1 aromatic heterocycles. The maximum Gasteiger partial charge on any atom is 0.410 e. The van der Waals surface area contributed by atoms with E-state index in [2.05, 4.69) is 35.2 Å². The van der Waals surface area contributed by atoms with Crippen molar-refractivity contribution in [1.29, 1.82) is 0 Å². The molecule has 0 radical (unpaired) electrons. The van der Waals surface area contributed by atoms with Gasteiger partial charge in [0.1, 0.15) is 5.60 Å². The van der Waals surface area contributed by atoms with Crippen molar-refractivity contribution in [2.75, 3.05) is 13.1 Å². The number of ether oxygens (including phenoxy) is 1. The number of imidazole rings is 1. The highest BCUT2D eigenvalue weighted by Gasteiger charge is 2.28. The van der Waals surface area contributed by atoms with Gasteiger partial charge in [0, 0.05) is 37.7 Å². The average molecular weight is 416 g/mol. The Kier molecular flexibility index (Phi) is 6.38. The fourth-order valence-corrected chi connectivity index (χ4v) is 4.20. The third-order valence-electron chi connectivity index (χ3n) is 5.71. The van der Waals surface area contributed by atoms with Gasteiger partial charge < -0.3 is 15.0 Å². The third kappa shape index (κ3) is 4.60. The maximum atomic E-state index is 12.9. The fourth-order valence-electron chi connectivity index (χ4n) is 4.20. The van der Waals surface area contributed by atoms with Crippen LogP contribution >= 0.6 is 0 Å². The summed E-state index contributed by atoms with van der Waals surface area (Å²) in [6.07, 6.45) is 1.18. The first-order valence-electron chi connectivity index (χ1n) is 11.0. The van der Waals surface area contributed by atoms with Gasteiger partial charge in [0.2, 0.25) is 0 Å². The lowest BCUT2D eigenvalue weighted by Crippen LogP contribution is -2.47. The second kappa shape index (κ2) is 8.66. The number of nitrogens with one attached hydrogen (secondary N) is 1. The molecular formula is C23H35N4O3+. The number of carbonyl (C=O) groups is 2. The molecule has 1 fully saturated rings. The van der Waals surface area contributed by atoms with E-state index in [1.165, 1.54) is 5.82 Å². The van der Waals surface area contributed by atoms with E-state index in [0.29, 0.717) is 18.7 Å². The van der Waals surface area contributed by atoms with Crippen molar-refractivity contribution in [3.8, 4) is 0 Å². The number of fused-ring (bicyclic) bond motifs is 1. The Labute approximate surface area is 179 Å². The van der Waals surface area contributed by atoms with Crippen molar-refractivity contribution in [2.24, 2.45) is 0 Å². The number of rotatable bonds is 4. The minimum atomic E-state index is -0.495. The molecule has 1 aliphatic heterocycles. The summed E-state index contributed by atoms with van der Waals surface area (Å²) in [5.41, 5.74) is 2.42. The number of likely N-dealkylation sites (tertiary alicyclic amines) is 1. The van der Waals surface area contributed by atoms with Crippen LogP contribution in [0.3, 0.4) is 0 Å². The Hall–Kier alpha value is -2.57. The molecule has 1 N–H and O–H groups in total. The highest BCUT2D eigenvalue weighted by Crippen LogP contribution is 2.19. The molecule has 30 heavy (non-hydrogen) atoms. The van der Waals surface area contributed by atoms with E-state index in [-0.39, 0.29) is 18.0 Å². The Bertz CT molecular complexity index is 934. The van der Waals surface area contributed by atoms with Gasteiger partial charge in [0.05, 0.1) is 13.1 Å². The van der Waals surface area contributed by atoms with Gasteiger partial charge in [0.15, 0.2) is 11.0 Å². The molecule has 164 valence electrons. The number of aromatic nitrogens is 2. The zero-order chi connectivity index (χ0) is 22.1. The molecule has 0 saturated carbocycles. The van der Waals surface area contributed by atoms with E-state index in [9.17, 15) is 9.59 Å². The average Bonchev–Trinajstić information content (AvgIpc) is 2.96. The van der Waals surface area contributed by atoms with E-state index in [4.69, 9.17) is 4.74 Å². The van der Waals surface area contributed by atoms with Gasteiger partial charge in [-0.15, -0.1) is 0 Å². The smallest absolute Gasteiger partial charge is 0.410 e. The molecule has 0 spiro atoms. The molecule has 1 aliphatic rings. The summed E-state index contributed by atoms with van der Waals surface area (Å²) >= 11 is 0. The topological polar surface area (TPSA) is 67.5 Å². The van der Waals surface area contributed by atoms with Crippen molar-refractivity contribution >= 4 is 23.0 Å². The number of hydrogen-bond acceptors (Lipinski definition) is 3. The van der Waals surface area contributed by atoms with Crippen LogP contribution in [0.25, 0.3) is 11.0 Å². The van der Waals surface area contributed by atoms with Crippen molar-refractivity contribution in [2.45, 2.75) is 79.1 Å². The molecule has 1 aromatic carbocycles. The first-order valence-corrected chi connectivity index (χ1v) is 11.0. The summed E-state index contributed by atoms with van der Waals surface area (Å²) in [6.45, 7) is 14.9. The van der Waals surface area contributed by atoms with E-state index in [1.807, 2.05) is 39.0 Å². The van der Waals surface area contributed by atoms with Gasteiger partial charge in [-0.1, -0.05) is 0 Å². The van der Waals surface area contributed by atoms with Crippen LogP contribution in [0, 0.1) is 6.92 Å². The van der Waals surface area contributed by atoms with Gasteiger partial charge in [-0.25, -0.2) is 13.9 Å². The lowest BCUT2D eigenvalue weighted by molar-refractivity contribution is -0.674. The molecule has 0 bridgehead atoms. The summed E-state index contributed by atoms with van der Waals surface area (Å²) in [4.78, 5) is 26.8. The number of benzene rings is 1. The Balaban J connectivity index is 1.66. The van der Waals surface area contributed by atoms with Crippen LogP contribution in [0.4, 0.5) is 4.79 Å². The second-order valence-electron chi connectivity index (χ2n) is 8.95. The Morgan fingerprint density at radius 3 is 2.43 bits per heavy atom. The summed E-state index contributed by atoms with van der Waals surface area (Å²) < 4.78 is 9.96. The Morgan fingerprint density at radius 2 is 1.87 bits per heavy atom. The Morgan fingerprint density at radius 1 is 1.20 bits per heavy atom. The predicted octanol–water partition coefficient (Wildman–Crippen LogP) is 3.41. The number of aryl methyl sites for hydroxylation is 2. The van der Waals surface area contributed by atoms with Crippen molar-refractivity contribution in [3.05, 3.63) is 29.6 Å². The van der Waals surface area contributed by atoms with Crippen LogP contribution < -0.4 is 9.88 Å². The number of hydrogen-bond donors (Lipinski definition) is 1. The maximum absolute atomic E-state index is 12.9. The van der Waals surface area contributed by atoms with Gasteiger partial charge >= 0.3 is 6.09 Å². The lowest BCUT2D eigenvalue weighted by Gasteiger charge is -2.33. The third-order valence-corrected chi connectivity index (χ3v) is 5.71. The number of amides is 2. The summed E-state index contributed by atoms with van der Waals surface area (Å²) in [5, 5.41) is 3.15. The normalized spacial score (nSPS) is 15.5. The number of piperidine rings is 1. The summed E-state index contributed by atoms with van der Waals surface area (Å²) in [6, 6.07) is 5.99. The SMILES string of the molecule is CCn1c(C)[n+](CC)c2ccc(C(=O)NC3CCN(C(=O)OC(C)(C)C)CC3)cc21. The van der Waals surface area contributed by atoms with Gasteiger partial charge in [0.25, 0.3) is 11.7 Å². The number of nitrogens with zero attached hydrogens (tertiary/aromatic N) is 3. The van der Waals surface area contributed by atoms with Crippen LogP contribution in [-0.2, 0) is 17.8 Å². The lowest BCUT2D eigenvalue weighted by atomic mass is 10.0. The minimum Gasteiger partial charge on any atom is -0.444 e. The first kappa shape index (κ1) is 22.1. The molecule has 7 nitrogen and oxygen atoms in total. The van der Waals surface area contributed by atoms with Crippen LogP contribution in [0.1, 0.15) is 63.6 Å². The molecule has 2 heterocycles. The van der Waals surface area contributed by atoms with E-state index in [1.54, 1.807) is 4.90 Å². The summed E-state index contributed by atoms with van der Waals surface area (Å²) in [7, 11) is 0. The van der Waals surface area contributed by atoms with E-state index < -0.39 is 5.60 Å². The molecule has 0 atom stereocenters. The summed E-state index contributed by atoms with van der Waals surface area (Å²) in [5.74, 6) is 1.14. The van der Waals surface area contributed by atoms with Gasteiger partial charge in [-0.05, 0) is 59.6 Å². The van der Waals surface area contributed by atoms with Crippen LogP contribution in [0.2, 0.25) is 0 Å². The molecule has 2 aromatic rings. The quantitative estimate of drug-likeness (QED) is 0.778. The largest absolute Gasteiger partial charge is 0.444 e. The number of carbonyl (C=O) groups excluding carboxylic acids is 2. The standard InChI is InChI=1S/C23H34N4O3/c1-7-26-16(3)27(8-2)20-15-17(9-10-19(20)26)21(28)24-18-11-13-25(14-12-18)22(29)30-23(4,5)6/h9-10,15,18H,7-8,11-14H2,1-6H3/p+1. The molecule has 0 unspecified atom stereocenters. The molecule has 3 rings (SSSR count). The second-order valence-corrected chi connectivity index (χ2v) is 8.95. The molecule has 1 saturated heterocycles. The highest BCUT2D eigenvalue weighted by molar-refractivity contribution is 5.97. The predicted molar refractivity (Wildman–Crippen MR) is 117 cm³/mol.